The molecule has 3 aromatic carbocycles. The number of rotatable bonds is 8. The standard InChI is InChI=1S/C26H27N5O4S2/c1-35-21-12-10-20(11-13-21)30-14-16-31(17-15-30)26(32)23(18-19-6-3-2-4-7-19)29-37(33,34)24-9-5-8-22-25(24)28-36-27-22/h2-13,23,29H,14-18H2,1H3. The van der Waals surface area contributed by atoms with Crippen LogP contribution in [-0.4, -0.2) is 67.3 Å². The van der Waals surface area contributed by atoms with Crippen LogP contribution in [0, 0.1) is 0 Å². The summed E-state index contributed by atoms with van der Waals surface area (Å²) >= 11 is 0.955. The summed E-state index contributed by atoms with van der Waals surface area (Å²) in [4.78, 5) is 17.7. The highest BCUT2D eigenvalue weighted by Crippen LogP contribution is 2.23. The van der Waals surface area contributed by atoms with Crippen molar-refractivity contribution in [1.82, 2.24) is 18.4 Å². The molecule has 1 saturated heterocycles. The molecule has 1 fully saturated rings. The Labute approximate surface area is 220 Å². The molecule has 0 bridgehead atoms. The van der Waals surface area contributed by atoms with Gasteiger partial charge in [0.15, 0.2) is 0 Å². The highest BCUT2D eigenvalue weighted by atomic mass is 32.2. The lowest BCUT2D eigenvalue weighted by molar-refractivity contribution is -0.133. The average Bonchev–Trinajstić information content (AvgIpc) is 3.42. The Bertz CT molecular complexity index is 1470. The Hall–Kier alpha value is -3.54. The van der Waals surface area contributed by atoms with Crippen molar-refractivity contribution >= 4 is 44.4 Å². The fourth-order valence-electron chi connectivity index (χ4n) is 4.48. The molecule has 192 valence electrons. The Morgan fingerprint density at radius 1 is 0.973 bits per heavy atom. The van der Waals surface area contributed by atoms with Crippen molar-refractivity contribution in [3.8, 4) is 5.75 Å². The first-order chi connectivity index (χ1) is 17.9. The van der Waals surface area contributed by atoms with Gasteiger partial charge in [0.25, 0.3) is 0 Å². The van der Waals surface area contributed by atoms with E-state index < -0.39 is 16.1 Å². The van der Waals surface area contributed by atoms with Crippen molar-refractivity contribution in [3.05, 3.63) is 78.4 Å². The molecule has 11 heteroatoms. The van der Waals surface area contributed by atoms with Crippen LogP contribution in [0.1, 0.15) is 5.56 Å². The van der Waals surface area contributed by atoms with Crippen LogP contribution in [0.25, 0.3) is 11.0 Å². The number of amides is 1. The number of hydrogen-bond acceptors (Lipinski definition) is 8. The molecule has 0 radical (unpaired) electrons. The molecule has 1 amide bonds. The fourth-order valence-corrected chi connectivity index (χ4v) is 6.43. The van der Waals surface area contributed by atoms with Crippen molar-refractivity contribution in [3.63, 3.8) is 0 Å². The van der Waals surface area contributed by atoms with E-state index in [0.29, 0.717) is 37.2 Å². The number of sulfonamides is 1. The van der Waals surface area contributed by atoms with Gasteiger partial charge in [0.1, 0.15) is 27.7 Å². The Kier molecular flexibility index (Phi) is 7.36. The van der Waals surface area contributed by atoms with Crippen LogP contribution in [0.15, 0.2) is 77.7 Å². The summed E-state index contributed by atoms with van der Waals surface area (Å²) in [6.45, 7) is 2.27. The topological polar surface area (TPSA) is 105 Å². The SMILES string of the molecule is COc1ccc(N2CCN(C(=O)C(Cc3ccccc3)NS(=O)(=O)c3cccc4nsnc34)CC2)cc1. The molecule has 4 aromatic rings. The number of aromatic nitrogens is 2. The highest BCUT2D eigenvalue weighted by molar-refractivity contribution is 7.89. The number of carbonyl (C=O) groups excluding carboxylic acids is 1. The number of benzene rings is 3. The second-order valence-electron chi connectivity index (χ2n) is 8.76. The lowest BCUT2D eigenvalue weighted by atomic mass is 10.1. The lowest BCUT2D eigenvalue weighted by Gasteiger charge is -2.37. The zero-order chi connectivity index (χ0) is 25.8. The quantitative estimate of drug-likeness (QED) is 0.369. The molecule has 1 aromatic heterocycles. The smallest absolute Gasteiger partial charge is 0.243 e. The van der Waals surface area contributed by atoms with Crippen LogP contribution >= 0.6 is 11.7 Å². The fraction of sp³-hybridized carbons (Fsp3) is 0.269. The zero-order valence-electron chi connectivity index (χ0n) is 20.3. The number of fused-ring (bicyclic) bond motifs is 1. The number of hydrogen-bond donors (Lipinski definition) is 1. The van der Waals surface area contributed by atoms with Crippen molar-refractivity contribution in [1.29, 1.82) is 0 Å². The van der Waals surface area contributed by atoms with Gasteiger partial charge in [0.2, 0.25) is 15.9 Å². The van der Waals surface area contributed by atoms with Crippen molar-refractivity contribution < 1.29 is 17.9 Å². The molecule has 1 atom stereocenters. The number of anilines is 1. The summed E-state index contributed by atoms with van der Waals surface area (Å²) < 4.78 is 43.1. The van der Waals surface area contributed by atoms with Gasteiger partial charge in [-0.15, -0.1) is 0 Å². The van der Waals surface area contributed by atoms with E-state index in [4.69, 9.17) is 4.74 Å². The molecule has 0 spiro atoms. The van der Waals surface area contributed by atoms with Crippen LogP contribution in [0.2, 0.25) is 0 Å². The van der Waals surface area contributed by atoms with Crippen molar-refractivity contribution in [2.24, 2.45) is 0 Å². The normalized spacial score (nSPS) is 15.1. The van der Waals surface area contributed by atoms with E-state index in [0.717, 1.165) is 28.7 Å². The van der Waals surface area contributed by atoms with Gasteiger partial charge >= 0.3 is 0 Å². The summed E-state index contributed by atoms with van der Waals surface area (Å²) in [6.07, 6.45) is 0.239. The number of methoxy groups -OCH3 is 1. The van der Waals surface area contributed by atoms with E-state index in [1.807, 2.05) is 54.6 Å². The van der Waals surface area contributed by atoms with Crippen LogP contribution in [-0.2, 0) is 21.2 Å². The molecular weight excluding hydrogens is 510 g/mol. The third-order valence-electron chi connectivity index (χ3n) is 6.45. The molecule has 1 aliphatic rings. The minimum Gasteiger partial charge on any atom is -0.497 e. The molecule has 1 aliphatic heterocycles. The van der Waals surface area contributed by atoms with Gasteiger partial charge in [-0.3, -0.25) is 4.79 Å². The molecule has 1 unspecified atom stereocenters. The molecule has 1 N–H and O–H groups in total. The summed E-state index contributed by atoms with van der Waals surface area (Å²) in [6, 6.07) is 21.1. The zero-order valence-corrected chi connectivity index (χ0v) is 21.9. The first kappa shape index (κ1) is 25.1. The maximum atomic E-state index is 13.7. The lowest BCUT2D eigenvalue weighted by Crippen LogP contribution is -2.55. The minimum absolute atomic E-state index is 0.0222. The summed E-state index contributed by atoms with van der Waals surface area (Å²) in [5, 5.41) is 0. The van der Waals surface area contributed by atoms with Gasteiger partial charge in [-0.1, -0.05) is 36.4 Å². The van der Waals surface area contributed by atoms with E-state index in [-0.39, 0.29) is 17.2 Å². The maximum absolute atomic E-state index is 13.7. The highest BCUT2D eigenvalue weighted by Gasteiger charge is 2.32. The maximum Gasteiger partial charge on any atom is 0.243 e. The average molecular weight is 538 g/mol. The van der Waals surface area contributed by atoms with Gasteiger partial charge in [-0.2, -0.15) is 13.5 Å². The molecule has 9 nitrogen and oxygen atoms in total. The van der Waals surface area contributed by atoms with Gasteiger partial charge in [-0.05, 0) is 48.4 Å². The van der Waals surface area contributed by atoms with Gasteiger partial charge in [0.05, 0.1) is 18.8 Å². The largest absolute Gasteiger partial charge is 0.497 e. The van der Waals surface area contributed by atoms with Crippen molar-refractivity contribution in [2.75, 3.05) is 38.2 Å². The second-order valence-corrected chi connectivity index (χ2v) is 11.0. The van der Waals surface area contributed by atoms with Crippen molar-refractivity contribution in [2.45, 2.75) is 17.4 Å². The summed E-state index contributed by atoms with van der Waals surface area (Å²) in [5.41, 5.74) is 2.74. The molecule has 0 aliphatic carbocycles. The summed E-state index contributed by atoms with van der Waals surface area (Å²) in [7, 11) is -2.40. The number of piperazine rings is 1. The number of ether oxygens (including phenoxy) is 1. The molecule has 37 heavy (non-hydrogen) atoms. The van der Waals surface area contributed by atoms with Crippen LogP contribution in [0.3, 0.4) is 0 Å². The van der Waals surface area contributed by atoms with E-state index in [2.05, 4.69) is 18.4 Å². The Morgan fingerprint density at radius 2 is 1.70 bits per heavy atom. The third-order valence-corrected chi connectivity index (χ3v) is 8.49. The first-order valence-electron chi connectivity index (χ1n) is 11.9. The van der Waals surface area contributed by atoms with Crippen LogP contribution in [0.5, 0.6) is 5.75 Å². The molecule has 2 heterocycles. The predicted molar refractivity (Wildman–Crippen MR) is 143 cm³/mol. The first-order valence-corrected chi connectivity index (χ1v) is 14.1. The predicted octanol–water partition coefficient (Wildman–Crippen LogP) is 2.94. The van der Waals surface area contributed by atoms with E-state index in [9.17, 15) is 13.2 Å². The molecule has 5 rings (SSSR count). The second kappa shape index (κ2) is 10.8. The monoisotopic (exact) mass is 537 g/mol. The minimum atomic E-state index is -4.04. The number of nitrogens with zero attached hydrogens (tertiary/aromatic N) is 4. The number of carbonyl (C=O) groups is 1. The third kappa shape index (κ3) is 5.58. The Balaban J connectivity index is 1.34. The van der Waals surface area contributed by atoms with Gasteiger partial charge in [0, 0.05) is 31.9 Å². The van der Waals surface area contributed by atoms with Crippen LogP contribution < -0.4 is 14.4 Å². The van der Waals surface area contributed by atoms with E-state index >= 15 is 0 Å². The molecule has 0 saturated carbocycles. The summed E-state index contributed by atoms with van der Waals surface area (Å²) in [5.74, 6) is 0.545. The van der Waals surface area contributed by atoms with E-state index in [1.54, 1.807) is 24.1 Å². The number of nitrogens with one attached hydrogen (secondary N) is 1. The van der Waals surface area contributed by atoms with Gasteiger partial charge in [-0.25, -0.2) is 8.42 Å². The van der Waals surface area contributed by atoms with Gasteiger partial charge < -0.3 is 14.5 Å². The Morgan fingerprint density at radius 3 is 2.41 bits per heavy atom. The molecular formula is C26H27N5O4S2. The van der Waals surface area contributed by atoms with Crippen LogP contribution in [0.4, 0.5) is 5.69 Å². The van der Waals surface area contributed by atoms with E-state index in [1.165, 1.54) is 6.07 Å².